The molecule has 0 bridgehead atoms. The van der Waals surface area contributed by atoms with E-state index in [1.807, 2.05) is 62.4 Å². The van der Waals surface area contributed by atoms with Crippen molar-refractivity contribution in [2.45, 2.75) is 26.7 Å². The maximum atomic E-state index is 12.4. The molecule has 1 aromatic heterocycles. The normalized spacial score (nSPS) is 10.5. The number of hydrogen-bond donors (Lipinski definition) is 1. The van der Waals surface area contributed by atoms with Gasteiger partial charge in [-0.1, -0.05) is 46.7 Å². The van der Waals surface area contributed by atoms with Gasteiger partial charge in [-0.15, -0.1) is 10.2 Å². The molecule has 3 rings (SSSR count). The third kappa shape index (κ3) is 5.01. The molecular formula is C21H22N4O2S. The highest BCUT2D eigenvalue weighted by Crippen LogP contribution is 2.18. The molecule has 7 heteroatoms. The Kier molecular flexibility index (Phi) is 6.16. The molecule has 2 aromatic carbocycles. The lowest BCUT2D eigenvalue weighted by molar-refractivity contribution is -0.118. The lowest BCUT2D eigenvalue weighted by atomic mass is 10.2. The number of nitrogens with one attached hydrogen (secondary N) is 1. The van der Waals surface area contributed by atoms with Crippen LogP contribution >= 0.6 is 11.3 Å². The number of anilines is 2. The quantitative estimate of drug-likeness (QED) is 0.686. The highest BCUT2D eigenvalue weighted by atomic mass is 32.1. The summed E-state index contributed by atoms with van der Waals surface area (Å²) in [5.74, 6) is -0.305. The number of nitrogens with zero attached hydrogens (tertiary/aromatic N) is 3. The zero-order valence-electron chi connectivity index (χ0n) is 16.1. The minimum absolute atomic E-state index is 0.00953. The number of hydrogen-bond acceptors (Lipinski definition) is 5. The lowest BCUT2D eigenvalue weighted by Crippen LogP contribution is -2.26. The number of aromatic nitrogens is 2. The fourth-order valence-corrected chi connectivity index (χ4v) is 3.30. The second kappa shape index (κ2) is 8.75. The van der Waals surface area contributed by atoms with Crippen molar-refractivity contribution < 1.29 is 9.59 Å². The second-order valence-corrected chi connectivity index (χ2v) is 7.67. The van der Waals surface area contributed by atoms with Gasteiger partial charge in [-0.05, 0) is 38.1 Å². The molecule has 6 nitrogen and oxygen atoms in total. The standard InChI is InChI=1S/C21H22N4O2S/c1-14-4-8-16(9-5-14)22-20(27)21-24-23-18(28-21)12-13-19(26)25(3)17-10-6-15(2)7-11-17/h4-11H,12-13H2,1-3H3,(H,22,27). The molecular weight excluding hydrogens is 372 g/mol. The molecule has 2 amide bonds. The molecule has 0 spiro atoms. The maximum Gasteiger partial charge on any atom is 0.286 e. The van der Waals surface area contributed by atoms with E-state index in [0.717, 1.165) is 16.8 Å². The van der Waals surface area contributed by atoms with Crippen LogP contribution in [0.15, 0.2) is 48.5 Å². The maximum absolute atomic E-state index is 12.4. The van der Waals surface area contributed by atoms with Crippen LogP contribution in [0.1, 0.15) is 32.4 Å². The average Bonchev–Trinajstić information content (AvgIpc) is 3.17. The van der Waals surface area contributed by atoms with Crippen molar-refractivity contribution >= 4 is 34.5 Å². The summed E-state index contributed by atoms with van der Waals surface area (Å²) < 4.78 is 0. The smallest absolute Gasteiger partial charge is 0.286 e. The Morgan fingerprint density at radius 1 is 0.964 bits per heavy atom. The molecule has 0 saturated heterocycles. The third-order valence-electron chi connectivity index (χ3n) is 4.32. The predicted octanol–water partition coefficient (Wildman–Crippen LogP) is 4.00. The summed E-state index contributed by atoms with van der Waals surface area (Å²) in [5, 5.41) is 11.8. The van der Waals surface area contributed by atoms with Crippen LogP contribution in [-0.4, -0.2) is 29.1 Å². The molecule has 28 heavy (non-hydrogen) atoms. The highest BCUT2D eigenvalue weighted by molar-refractivity contribution is 7.13. The van der Waals surface area contributed by atoms with E-state index in [1.165, 1.54) is 11.3 Å². The van der Waals surface area contributed by atoms with E-state index in [2.05, 4.69) is 15.5 Å². The third-order valence-corrected chi connectivity index (χ3v) is 5.30. The van der Waals surface area contributed by atoms with Gasteiger partial charge in [0.05, 0.1) is 0 Å². The van der Waals surface area contributed by atoms with E-state index in [1.54, 1.807) is 11.9 Å². The molecule has 3 aromatic rings. The van der Waals surface area contributed by atoms with Crippen molar-refractivity contribution in [3.8, 4) is 0 Å². The summed E-state index contributed by atoms with van der Waals surface area (Å²) in [4.78, 5) is 26.3. The number of carbonyl (C=O) groups is 2. The number of aryl methyl sites for hydroxylation is 3. The Labute approximate surface area is 168 Å². The molecule has 0 unspecified atom stereocenters. The average molecular weight is 395 g/mol. The minimum Gasteiger partial charge on any atom is -0.320 e. The first-order valence-electron chi connectivity index (χ1n) is 8.96. The van der Waals surface area contributed by atoms with Gasteiger partial charge in [0.2, 0.25) is 10.9 Å². The summed E-state index contributed by atoms with van der Waals surface area (Å²) in [6, 6.07) is 15.3. The fourth-order valence-electron chi connectivity index (χ4n) is 2.56. The van der Waals surface area contributed by atoms with Crippen molar-refractivity contribution in [1.29, 1.82) is 0 Å². The molecule has 144 valence electrons. The molecule has 0 atom stereocenters. The van der Waals surface area contributed by atoms with Gasteiger partial charge in [0, 0.05) is 31.3 Å². The van der Waals surface area contributed by atoms with Gasteiger partial charge < -0.3 is 10.2 Å². The molecule has 0 aliphatic carbocycles. The summed E-state index contributed by atoms with van der Waals surface area (Å²) in [6.45, 7) is 3.99. The van der Waals surface area contributed by atoms with E-state index in [4.69, 9.17) is 0 Å². The van der Waals surface area contributed by atoms with Crippen LogP contribution < -0.4 is 10.2 Å². The molecule has 0 aliphatic heterocycles. The van der Waals surface area contributed by atoms with Gasteiger partial charge in [-0.25, -0.2) is 0 Å². The summed E-state index contributed by atoms with van der Waals surface area (Å²) in [6.07, 6.45) is 0.753. The molecule has 0 fully saturated rings. The van der Waals surface area contributed by atoms with Crippen LogP contribution in [0.3, 0.4) is 0 Å². The fraction of sp³-hybridized carbons (Fsp3) is 0.238. The first kappa shape index (κ1) is 19.7. The van der Waals surface area contributed by atoms with E-state index >= 15 is 0 Å². The van der Waals surface area contributed by atoms with Crippen LogP contribution in [0.5, 0.6) is 0 Å². The van der Waals surface area contributed by atoms with Crippen LogP contribution in [0.25, 0.3) is 0 Å². The van der Waals surface area contributed by atoms with Crippen LogP contribution in [0.2, 0.25) is 0 Å². The Morgan fingerprint density at radius 2 is 1.57 bits per heavy atom. The van der Waals surface area contributed by atoms with E-state index < -0.39 is 0 Å². The van der Waals surface area contributed by atoms with Gasteiger partial charge in [-0.2, -0.15) is 0 Å². The first-order valence-corrected chi connectivity index (χ1v) is 9.77. The summed E-state index contributed by atoms with van der Waals surface area (Å²) in [7, 11) is 1.76. The monoisotopic (exact) mass is 394 g/mol. The Bertz CT molecular complexity index is 965. The van der Waals surface area contributed by atoms with Crippen molar-refractivity contribution in [1.82, 2.24) is 10.2 Å². The highest BCUT2D eigenvalue weighted by Gasteiger charge is 2.16. The molecule has 0 saturated carbocycles. The molecule has 1 heterocycles. The summed E-state index contributed by atoms with van der Waals surface area (Å²) >= 11 is 1.21. The topological polar surface area (TPSA) is 75.2 Å². The van der Waals surface area contributed by atoms with E-state index in [9.17, 15) is 9.59 Å². The van der Waals surface area contributed by atoms with Crippen LogP contribution in [-0.2, 0) is 11.2 Å². The zero-order chi connectivity index (χ0) is 20.1. The van der Waals surface area contributed by atoms with Crippen LogP contribution in [0.4, 0.5) is 11.4 Å². The SMILES string of the molecule is Cc1ccc(NC(=O)c2nnc(CCC(=O)N(C)c3ccc(C)cc3)s2)cc1. The number of carbonyl (C=O) groups excluding carboxylic acids is 2. The minimum atomic E-state index is -0.296. The Balaban J connectivity index is 1.55. The lowest BCUT2D eigenvalue weighted by Gasteiger charge is -2.17. The summed E-state index contributed by atoms with van der Waals surface area (Å²) in [5.41, 5.74) is 3.83. The Morgan fingerprint density at radius 3 is 2.21 bits per heavy atom. The number of rotatable bonds is 6. The second-order valence-electron chi connectivity index (χ2n) is 6.61. The van der Waals surface area contributed by atoms with Crippen molar-refractivity contribution in [3.05, 3.63) is 69.7 Å². The van der Waals surface area contributed by atoms with Gasteiger partial charge in [0.1, 0.15) is 5.01 Å². The van der Waals surface area contributed by atoms with Crippen molar-refractivity contribution in [2.75, 3.05) is 17.3 Å². The van der Waals surface area contributed by atoms with E-state index in [0.29, 0.717) is 23.5 Å². The Hall–Kier alpha value is -3.06. The first-order chi connectivity index (χ1) is 13.4. The van der Waals surface area contributed by atoms with Crippen LogP contribution in [0, 0.1) is 13.8 Å². The predicted molar refractivity (Wildman–Crippen MR) is 112 cm³/mol. The van der Waals surface area contributed by atoms with Gasteiger partial charge in [0.25, 0.3) is 5.91 Å². The molecule has 0 radical (unpaired) electrons. The van der Waals surface area contributed by atoms with Gasteiger partial charge in [0.15, 0.2) is 0 Å². The van der Waals surface area contributed by atoms with Crippen molar-refractivity contribution in [2.24, 2.45) is 0 Å². The number of amides is 2. The van der Waals surface area contributed by atoms with Crippen molar-refractivity contribution in [3.63, 3.8) is 0 Å². The molecule has 1 N–H and O–H groups in total. The zero-order valence-corrected chi connectivity index (χ0v) is 16.9. The van der Waals surface area contributed by atoms with Gasteiger partial charge in [-0.3, -0.25) is 9.59 Å². The largest absolute Gasteiger partial charge is 0.320 e. The molecule has 0 aliphatic rings. The number of benzene rings is 2. The van der Waals surface area contributed by atoms with Gasteiger partial charge >= 0.3 is 0 Å². The van der Waals surface area contributed by atoms with E-state index in [-0.39, 0.29) is 16.8 Å².